The highest BCUT2D eigenvalue weighted by atomic mass is 16.5. The van der Waals surface area contributed by atoms with E-state index in [0.717, 1.165) is 16.5 Å². The highest BCUT2D eigenvalue weighted by Crippen LogP contribution is 2.34. The van der Waals surface area contributed by atoms with Gasteiger partial charge in [0.05, 0.1) is 30.0 Å². The number of H-pyrrole nitrogens is 1. The van der Waals surface area contributed by atoms with Gasteiger partial charge >= 0.3 is 0 Å². The summed E-state index contributed by atoms with van der Waals surface area (Å²) in [7, 11) is 0. The van der Waals surface area contributed by atoms with E-state index in [0.29, 0.717) is 24.5 Å². The van der Waals surface area contributed by atoms with Crippen molar-refractivity contribution in [2.75, 3.05) is 11.4 Å². The van der Waals surface area contributed by atoms with Crippen molar-refractivity contribution in [1.82, 2.24) is 20.8 Å². The lowest BCUT2D eigenvalue weighted by Crippen LogP contribution is -2.57. The number of likely N-dealkylation sites (N-methyl/N-ethyl adjacent to an activating group) is 1. The average molecular weight is 422 g/mol. The van der Waals surface area contributed by atoms with Crippen LogP contribution in [0.25, 0.3) is 10.9 Å². The monoisotopic (exact) mass is 421 g/mol. The van der Waals surface area contributed by atoms with Crippen molar-refractivity contribution in [2.24, 2.45) is 0 Å². The summed E-state index contributed by atoms with van der Waals surface area (Å²) in [5, 5.41) is 14.0. The lowest BCUT2D eigenvalue weighted by Gasteiger charge is -2.27. The molecule has 3 N–H and O–H groups in total. The molecule has 2 heterocycles. The summed E-state index contributed by atoms with van der Waals surface area (Å²) in [6, 6.07) is 12.1. The molecule has 8 nitrogen and oxygen atoms in total. The van der Waals surface area contributed by atoms with Crippen LogP contribution in [0.2, 0.25) is 0 Å². The Morgan fingerprint density at radius 3 is 2.87 bits per heavy atom. The van der Waals surface area contributed by atoms with E-state index in [1.54, 1.807) is 24.9 Å². The van der Waals surface area contributed by atoms with Crippen LogP contribution in [0, 0.1) is 0 Å². The predicted octanol–water partition coefficient (Wildman–Crippen LogP) is 2.36. The number of amides is 2. The number of aromatic amines is 1. The molecular formula is C23H27N5O3. The van der Waals surface area contributed by atoms with Crippen LogP contribution in [-0.4, -0.2) is 46.7 Å². The molecule has 0 fully saturated rings. The summed E-state index contributed by atoms with van der Waals surface area (Å²) in [6.07, 6.45) is 1.23. The Labute approximate surface area is 181 Å². The number of anilines is 1. The van der Waals surface area contributed by atoms with Crippen LogP contribution < -0.4 is 20.3 Å². The third-order valence-corrected chi connectivity index (χ3v) is 5.58. The maximum Gasteiger partial charge on any atom is 0.253 e. The number of nitrogens with one attached hydrogen (secondary N) is 3. The number of rotatable bonds is 6. The van der Waals surface area contributed by atoms with Gasteiger partial charge in [-0.1, -0.05) is 31.2 Å². The topological polar surface area (TPSA) is 99.4 Å². The van der Waals surface area contributed by atoms with Crippen LogP contribution in [0.3, 0.4) is 0 Å². The summed E-state index contributed by atoms with van der Waals surface area (Å²) in [5.41, 5.74) is 2.54. The minimum Gasteiger partial charge on any atom is -0.486 e. The number of carbonyl (C=O) groups is 2. The first-order chi connectivity index (χ1) is 15.0. The number of carbonyl (C=O) groups excluding carboxylic acids is 2. The van der Waals surface area contributed by atoms with Crippen LogP contribution in [-0.2, 0) is 16.1 Å². The molecule has 2 aromatic carbocycles. The number of fused-ring (bicyclic) bond motifs is 2. The Morgan fingerprint density at radius 2 is 2.06 bits per heavy atom. The van der Waals surface area contributed by atoms with Crippen molar-refractivity contribution >= 4 is 28.4 Å². The average Bonchev–Trinajstić information content (AvgIpc) is 3.22. The molecule has 3 unspecified atom stereocenters. The molecular weight excluding hydrogens is 394 g/mol. The van der Waals surface area contributed by atoms with E-state index in [9.17, 15) is 9.59 Å². The molecule has 1 aromatic heterocycles. The molecule has 31 heavy (non-hydrogen) atoms. The zero-order chi connectivity index (χ0) is 22.0. The van der Waals surface area contributed by atoms with Crippen LogP contribution in [0.1, 0.15) is 26.3 Å². The molecule has 162 valence electrons. The van der Waals surface area contributed by atoms with E-state index in [1.807, 2.05) is 49.4 Å². The first kappa shape index (κ1) is 20.9. The van der Waals surface area contributed by atoms with Crippen molar-refractivity contribution < 1.29 is 14.3 Å². The van der Waals surface area contributed by atoms with Crippen molar-refractivity contribution in [3.63, 3.8) is 0 Å². The minimum atomic E-state index is -0.815. The number of hydrogen-bond acceptors (Lipinski definition) is 5. The van der Waals surface area contributed by atoms with Gasteiger partial charge in [-0.15, -0.1) is 0 Å². The smallest absolute Gasteiger partial charge is 0.253 e. The van der Waals surface area contributed by atoms with Crippen LogP contribution in [0.4, 0.5) is 5.69 Å². The molecule has 3 aromatic rings. The summed E-state index contributed by atoms with van der Waals surface area (Å²) in [4.78, 5) is 28.1. The molecule has 0 aliphatic carbocycles. The molecule has 1 aliphatic rings. The quantitative estimate of drug-likeness (QED) is 0.568. The predicted molar refractivity (Wildman–Crippen MR) is 119 cm³/mol. The number of aromatic nitrogens is 2. The highest BCUT2D eigenvalue weighted by Gasteiger charge is 2.38. The van der Waals surface area contributed by atoms with Gasteiger partial charge in [0, 0.05) is 5.39 Å². The van der Waals surface area contributed by atoms with Crippen molar-refractivity contribution in [1.29, 1.82) is 0 Å². The Kier molecular flexibility index (Phi) is 5.90. The molecule has 8 heteroatoms. The van der Waals surface area contributed by atoms with E-state index >= 15 is 0 Å². The highest BCUT2D eigenvalue weighted by molar-refractivity contribution is 6.02. The SMILES string of the molecule is CCNC(C)C(=O)NC1C(=O)N(Cc2cccc3[nH]ncc23)c2ccccc2OC1C. The van der Waals surface area contributed by atoms with Gasteiger partial charge < -0.3 is 20.3 Å². The Hall–Kier alpha value is -3.39. The number of hydrogen-bond donors (Lipinski definition) is 3. The fourth-order valence-corrected chi connectivity index (χ4v) is 3.89. The van der Waals surface area contributed by atoms with Gasteiger partial charge in [-0.3, -0.25) is 14.7 Å². The lowest BCUT2D eigenvalue weighted by atomic mass is 10.1. The lowest BCUT2D eigenvalue weighted by molar-refractivity contribution is -0.130. The second kappa shape index (κ2) is 8.77. The van der Waals surface area contributed by atoms with Crippen molar-refractivity contribution in [2.45, 2.75) is 45.5 Å². The summed E-state index contributed by atoms with van der Waals surface area (Å²) < 4.78 is 6.10. The Bertz CT molecular complexity index is 1100. The molecule has 0 radical (unpaired) electrons. The minimum absolute atomic E-state index is 0.213. The number of benzene rings is 2. The van der Waals surface area contributed by atoms with Gasteiger partial charge in [-0.05, 0) is 44.2 Å². The molecule has 0 saturated carbocycles. The first-order valence-corrected chi connectivity index (χ1v) is 10.5. The van der Waals surface area contributed by atoms with E-state index in [4.69, 9.17) is 4.74 Å². The van der Waals surface area contributed by atoms with Gasteiger partial charge in [0.25, 0.3) is 5.91 Å². The normalized spacial score (nSPS) is 19.5. The largest absolute Gasteiger partial charge is 0.486 e. The van der Waals surface area contributed by atoms with Crippen LogP contribution in [0.15, 0.2) is 48.7 Å². The van der Waals surface area contributed by atoms with E-state index in [-0.39, 0.29) is 11.8 Å². The van der Waals surface area contributed by atoms with Crippen molar-refractivity contribution in [3.05, 3.63) is 54.2 Å². The fourth-order valence-electron chi connectivity index (χ4n) is 3.89. The molecule has 4 rings (SSSR count). The van der Waals surface area contributed by atoms with Gasteiger partial charge in [0.15, 0.2) is 0 Å². The standard InChI is InChI=1S/C23H27N5O3/c1-4-24-14(2)22(29)26-21-15(3)31-20-11-6-5-10-19(20)28(23(21)30)13-16-8-7-9-18-17(16)12-25-27-18/h5-12,14-15,21,24H,4,13H2,1-3H3,(H,25,27)(H,26,29). The van der Waals surface area contributed by atoms with Crippen LogP contribution >= 0.6 is 0 Å². The number of para-hydroxylation sites is 2. The number of nitrogens with zero attached hydrogens (tertiary/aromatic N) is 2. The zero-order valence-corrected chi connectivity index (χ0v) is 17.9. The summed E-state index contributed by atoms with van der Waals surface area (Å²) in [6.45, 7) is 6.50. The molecule has 0 spiro atoms. The summed E-state index contributed by atoms with van der Waals surface area (Å²) in [5.74, 6) is 0.160. The van der Waals surface area contributed by atoms with Gasteiger partial charge in [-0.2, -0.15) is 5.10 Å². The first-order valence-electron chi connectivity index (χ1n) is 10.5. The maximum atomic E-state index is 13.7. The molecule has 1 aliphatic heterocycles. The fraction of sp³-hybridized carbons (Fsp3) is 0.348. The zero-order valence-electron chi connectivity index (χ0n) is 17.9. The molecule has 3 atom stereocenters. The third kappa shape index (κ3) is 4.11. The second-order valence-electron chi connectivity index (χ2n) is 7.73. The van der Waals surface area contributed by atoms with E-state index in [2.05, 4.69) is 20.8 Å². The molecule has 0 bridgehead atoms. The second-order valence-corrected chi connectivity index (χ2v) is 7.73. The molecule has 0 saturated heterocycles. The van der Waals surface area contributed by atoms with E-state index < -0.39 is 18.2 Å². The maximum absolute atomic E-state index is 13.7. The van der Waals surface area contributed by atoms with Crippen molar-refractivity contribution in [3.8, 4) is 5.75 Å². The Morgan fingerprint density at radius 1 is 1.26 bits per heavy atom. The number of ether oxygens (including phenoxy) is 1. The third-order valence-electron chi connectivity index (χ3n) is 5.58. The van der Waals surface area contributed by atoms with Gasteiger partial charge in [0.1, 0.15) is 17.9 Å². The van der Waals surface area contributed by atoms with E-state index in [1.165, 1.54) is 0 Å². The van der Waals surface area contributed by atoms with Gasteiger partial charge in [0.2, 0.25) is 5.91 Å². The molecule has 2 amide bonds. The van der Waals surface area contributed by atoms with Crippen LogP contribution in [0.5, 0.6) is 5.75 Å². The van der Waals surface area contributed by atoms with Gasteiger partial charge in [-0.25, -0.2) is 0 Å². The summed E-state index contributed by atoms with van der Waals surface area (Å²) >= 11 is 0. The Balaban J connectivity index is 1.70.